The number of hydrogen-bond donors (Lipinski definition) is 2. The minimum atomic E-state index is -0.147. The van der Waals surface area contributed by atoms with Gasteiger partial charge in [-0.1, -0.05) is 18.5 Å². The van der Waals surface area contributed by atoms with Crippen molar-refractivity contribution in [2.75, 3.05) is 12.4 Å². The maximum atomic E-state index is 11.7. The van der Waals surface area contributed by atoms with E-state index in [9.17, 15) is 4.79 Å². The van der Waals surface area contributed by atoms with E-state index in [0.717, 1.165) is 6.42 Å². The number of anilines is 1. The molecule has 0 bridgehead atoms. The molecule has 16 heavy (non-hydrogen) atoms. The van der Waals surface area contributed by atoms with E-state index in [4.69, 9.17) is 11.6 Å². The summed E-state index contributed by atoms with van der Waals surface area (Å²) in [5.74, 6) is 0.424. The predicted octanol–water partition coefficient (Wildman–Crippen LogP) is 2.31. The molecule has 0 fully saturated rings. The number of pyridine rings is 1. The van der Waals surface area contributed by atoms with E-state index < -0.39 is 0 Å². The molecule has 1 amide bonds. The van der Waals surface area contributed by atoms with Crippen molar-refractivity contribution in [1.29, 1.82) is 0 Å². The lowest BCUT2D eigenvalue weighted by Crippen LogP contribution is -2.32. The van der Waals surface area contributed by atoms with Crippen LogP contribution in [0.2, 0.25) is 5.02 Å². The van der Waals surface area contributed by atoms with Crippen LogP contribution >= 0.6 is 11.6 Å². The third-order valence-corrected chi connectivity index (χ3v) is 2.62. The Bertz CT molecular complexity index is 381. The highest BCUT2D eigenvalue weighted by atomic mass is 35.5. The molecule has 5 heteroatoms. The Kier molecular flexibility index (Phi) is 4.55. The summed E-state index contributed by atoms with van der Waals surface area (Å²) in [5.41, 5.74) is 0.476. The molecule has 0 aliphatic carbocycles. The minimum Gasteiger partial charge on any atom is -0.372 e. The van der Waals surface area contributed by atoms with Gasteiger partial charge in [-0.25, -0.2) is 4.98 Å². The van der Waals surface area contributed by atoms with Gasteiger partial charge in [-0.05, 0) is 19.4 Å². The number of amides is 1. The summed E-state index contributed by atoms with van der Waals surface area (Å²) in [5, 5.41) is 6.13. The SMILES string of the molecule is CCC(C)NC(=O)c1cnc(NC)c(Cl)c1. The Morgan fingerprint density at radius 2 is 2.31 bits per heavy atom. The Morgan fingerprint density at radius 3 is 2.81 bits per heavy atom. The number of rotatable bonds is 4. The Morgan fingerprint density at radius 1 is 1.62 bits per heavy atom. The average Bonchev–Trinajstić information content (AvgIpc) is 2.28. The molecule has 0 aromatic carbocycles. The van der Waals surface area contributed by atoms with E-state index in [-0.39, 0.29) is 11.9 Å². The van der Waals surface area contributed by atoms with E-state index in [1.165, 1.54) is 6.20 Å². The first-order chi connectivity index (χ1) is 7.58. The van der Waals surface area contributed by atoms with Gasteiger partial charge in [-0.15, -0.1) is 0 Å². The number of carbonyl (C=O) groups excluding carboxylic acids is 1. The highest BCUT2D eigenvalue weighted by Gasteiger charge is 2.10. The molecule has 1 atom stereocenters. The van der Waals surface area contributed by atoms with Crippen LogP contribution in [-0.4, -0.2) is 24.0 Å². The second-order valence-electron chi connectivity index (χ2n) is 3.59. The fraction of sp³-hybridized carbons (Fsp3) is 0.455. The second kappa shape index (κ2) is 5.70. The molecule has 0 aliphatic rings. The topological polar surface area (TPSA) is 54.0 Å². The first-order valence-corrected chi connectivity index (χ1v) is 5.60. The summed E-state index contributed by atoms with van der Waals surface area (Å²) >= 11 is 5.94. The van der Waals surface area contributed by atoms with Crippen molar-refractivity contribution in [3.63, 3.8) is 0 Å². The van der Waals surface area contributed by atoms with Gasteiger partial charge in [0.25, 0.3) is 5.91 Å². The minimum absolute atomic E-state index is 0.147. The lowest BCUT2D eigenvalue weighted by molar-refractivity contribution is 0.0939. The molecule has 1 aromatic heterocycles. The fourth-order valence-electron chi connectivity index (χ4n) is 1.16. The van der Waals surface area contributed by atoms with Gasteiger partial charge in [0.1, 0.15) is 5.82 Å². The van der Waals surface area contributed by atoms with E-state index in [2.05, 4.69) is 15.6 Å². The van der Waals surface area contributed by atoms with Crippen LogP contribution < -0.4 is 10.6 Å². The number of nitrogens with zero attached hydrogens (tertiary/aromatic N) is 1. The lowest BCUT2D eigenvalue weighted by Gasteiger charge is -2.11. The van der Waals surface area contributed by atoms with Crippen molar-refractivity contribution in [1.82, 2.24) is 10.3 Å². The van der Waals surface area contributed by atoms with Crippen molar-refractivity contribution < 1.29 is 4.79 Å². The van der Waals surface area contributed by atoms with Crippen LogP contribution in [0.25, 0.3) is 0 Å². The molecule has 0 radical (unpaired) electrons. The highest BCUT2D eigenvalue weighted by molar-refractivity contribution is 6.33. The second-order valence-corrected chi connectivity index (χ2v) is 3.99. The van der Waals surface area contributed by atoms with Crippen LogP contribution in [0, 0.1) is 0 Å². The van der Waals surface area contributed by atoms with Gasteiger partial charge in [0.05, 0.1) is 10.6 Å². The van der Waals surface area contributed by atoms with Gasteiger partial charge >= 0.3 is 0 Å². The molecular formula is C11H16ClN3O. The maximum absolute atomic E-state index is 11.7. The standard InChI is InChI=1S/C11H16ClN3O/c1-4-7(2)15-11(16)8-5-9(12)10(13-3)14-6-8/h5-7H,4H2,1-3H3,(H,13,14)(H,15,16). The highest BCUT2D eigenvalue weighted by Crippen LogP contribution is 2.19. The lowest BCUT2D eigenvalue weighted by atomic mass is 10.2. The first-order valence-electron chi connectivity index (χ1n) is 5.22. The number of halogens is 1. The molecule has 88 valence electrons. The van der Waals surface area contributed by atoms with E-state index in [1.807, 2.05) is 13.8 Å². The van der Waals surface area contributed by atoms with Gasteiger partial charge < -0.3 is 10.6 Å². The largest absolute Gasteiger partial charge is 0.372 e. The third kappa shape index (κ3) is 3.10. The van der Waals surface area contributed by atoms with Gasteiger partial charge in [-0.2, -0.15) is 0 Å². The normalized spacial score (nSPS) is 12.0. The van der Waals surface area contributed by atoms with E-state index in [0.29, 0.717) is 16.4 Å². The Hall–Kier alpha value is -1.29. The van der Waals surface area contributed by atoms with Crippen molar-refractivity contribution in [3.8, 4) is 0 Å². The molecule has 1 unspecified atom stereocenters. The monoisotopic (exact) mass is 241 g/mol. The number of nitrogens with one attached hydrogen (secondary N) is 2. The van der Waals surface area contributed by atoms with Gasteiger partial charge in [0, 0.05) is 19.3 Å². The van der Waals surface area contributed by atoms with E-state index in [1.54, 1.807) is 13.1 Å². The molecule has 4 nitrogen and oxygen atoms in total. The zero-order valence-corrected chi connectivity index (χ0v) is 10.4. The smallest absolute Gasteiger partial charge is 0.253 e. The zero-order valence-electron chi connectivity index (χ0n) is 9.67. The number of carbonyl (C=O) groups is 1. The fourth-order valence-corrected chi connectivity index (χ4v) is 1.42. The average molecular weight is 242 g/mol. The van der Waals surface area contributed by atoms with Crippen LogP contribution in [0.5, 0.6) is 0 Å². The van der Waals surface area contributed by atoms with Gasteiger partial charge in [-0.3, -0.25) is 4.79 Å². The van der Waals surface area contributed by atoms with Gasteiger partial charge in [0.2, 0.25) is 0 Å². The first kappa shape index (κ1) is 12.8. The molecule has 2 N–H and O–H groups in total. The summed E-state index contributed by atoms with van der Waals surface area (Å²) in [6, 6.07) is 1.76. The quantitative estimate of drug-likeness (QED) is 0.851. The summed E-state index contributed by atoms with van der Waals surface area (Å²) < 4.78 is 0. The molecular weight excluding hydrogens is 226 g/mol. The number of hydrogen-bond acceptors (Lipinski definition) is 3. The van der Waals surface area contributed by atoms with Crippen LogP contribution in [0.4, 0.5) is 5.82 Å². The molecule has 0 aliphatic heterocycles. The van der Waals surface area contributed by atoms with Crippen LogP contribution in [0.1, 0.15) is 30.6 Å². The van der Waals surface area contributed by atoms with Crippen LogP contribution in [0.15, 0.2) is 12.3 Å². The van der Waals surface area contributed by atoms with Crippen molar-refractivity contribution in [3.05, 3.63) is 22.8 Å². The summed E-state index contributed by atoms with van der Waals surface area (Å²) in [6.45, 7) is 3.97. The molecule has 1 aromatic rings. The van der Waals surface area contributed by atoms with Crippen molar-refractivity contribution in [2.45, 2.75) is 26.3 Å². The Balaban J connectivity index is 2.81. The molecule has 0 saturated carbocycles. The number of aromatic nitrogens is 1. The van der Waals surface area contributed by atoms with Crippen molar-refractivity contribution >= 4 is 23.3 Å². The maximum Gasteiger partial charge on any atom is 0.253 e. The third-order valence-electron chi connectivity index (χ3n) is 2.33. The van der Waals surface area contributed by atoms with Gasteiger partial charge in [0.15, 0.2) is 0 Å². The summed E-state index contributed by atoms with van der Waals surface area (Å²) in [4.78, 5) is 15.8. The van der Waals surface area contributed by atoms with Crippen LogP contribution in [0.3, 0.4) is 0 Å². The predicted molar refractivity (Wildman–Crippen MR) is 66.0 cm³/mol. The Labute approximate surface area is 100 Å². The molecule has 0 spiro atoms. The summed E-state index contributed by atoms with van der Waals surface area (Å²) in [6.07, 6.45) is 2.40. The van der Waals surface area contributed by atoms with Crippen molar-refractivity contribution in [2.24, 2.45) is 0 Å². The molecule has 0 saturated heterocycles. The van der Waals surface area contributed by atoms with Crippen LogP contribution in [-0.2, 0) is 0 Å². The molecule has 1 rings (SSSR count). The molecule has 1 heterocycles. The zero-order chi connectivity index (χ0) is 12.1. The summed E-state index contributed by atoms with van der Waals surface area (Å²) in [7, 11) is 1.73. The van der Waals surface area contributed by atoms with E-state index >= 15 is 0 Å².